The molecule has 0 bridgehead atoms. The highest BCUT2D eigenvalue weighted by Gasteiger charge is 2.09. The number of nitrogens with one attached hydrogen (secondary N) is 2. The van der Waals surface area contributed by atoms with Crippen molar-refractivity contribution in [3.05, 3.63) is 64.3 Å². The molecule has 3 rings (SSSR count). The molecule has 3 aromatic rings. The van der Waals surface area contributed by atoms with Crippen molar-refractivity contribution in [1.29, 1.82) is 0 Å². The molecule has 2 aromatic carbocycles. The molecular formula is C19H20ClN5O. The summed E-state index contributed by atoms with van der Waals surface area (Å²) in [5, 5.41) is 15.1. The molecule has 26 heavy (non-hydrogen) atoms. The molecule has 0 fully saturated rings. The Hall–Kier alpha value is -2.86. The molecule has 0 atom stereocenters. The number of aromatic nitrogens is 3. The van der Waals surface area contributed by atoms with Crippen molar-refractivity contribution in [2.75, 3.05) is 17.7 Å². The number of hydrogen-bond acceptors (Lipinski definition) is 6. The second kappa shape index (κ2) is 8.01. The summed E-state index contributed by atoms with van der Waals surface area (Å²) in [6.45, 7) is 4.66. The standard InChI is InChI=1S/C19H20ClN5O/c1-12-6-4-5-7-14(12)10-21-18-11-22-25-19(24-18)23-16-8-13(2)15(20)9-17(16)26-3/h4-9,11H,10H2,1-3H3,(H2,21,23,24,25). The van der Waals surface area contributed by atoms with Gasteiger partial charge in [0.15, 0.2) is 5.82 Å². The van der Waals surface area contributed by atoms with E-state index in [4.69, 9.17) is 16.3 Å². The molecule has 0 spiro atoms. The summed E-state index contributed by atoms with van der Waals surface area (Å²) < 4.78 is 5.36. The average molecular weight is 370 g/mol. The molecule has 2 N–H and O–H groups in total. The van der Waals surface area contributed by atoms with Crippen molar-refractivity contribution in [3.8, 4) is 5.75 Å². The molecule has 0 aliphatic carbocycles. The van der Waals surface area contributed by atoms with Gasteiger partial charge < -0.3 is 15.4 Å². The maximum Gasteiger partial charge on any atom is 0.249 e. The van der Waals surface area contributed by atoms with Gasteiger partial charge in [-0.25, -0.2) is 0 Å². The van der Waals surface area contributed by atoms with Crippen LogP contribution in [0.3, 0.4) is 0 Å². The molecule has 0 unspecified atom stereocenters. The van der Waals surface area contributed by atoms with Gasteiger partial charge in [0.25, 0.3) is 0 Å². The number of nitrogens with zero attached hydrogens (tertiary/aromatic N) is 3. The van der Waals surface area contributed by atoms with Crippen LogP contribution in [0.2, 0.25) is 5.02 Å². The second-order valence-corrected chi connectivity index (χ2v) is 6.28. The maximum absolute atomic E-state index is 6.14. The van der Waals surface area contributed by atoms with Crippen LogP contribution in [0.5, 0.6) is 5.75 Å². The molecule has 0 saturated carbocycles. The predicted octanol–water partition coefficient (Wildman–Crippen LogP) is 4.51. The van der Waals surface area contributed by atoms with Gasteiger partial charge in [0.1, 0.15) is 5.75 Å². The third kappa shape index (κ3) is 4.21. The summed E-state index contributed by atoms with van der Waals surface area (Å²) in [7, 11) is 1.59. The van der Waals surface area contributed by atoms with Crippen LogP contribution in [0.25, 0.3) is 0 Å². The van der Waals surface area contributed by atoms with Gasteiger partial charge in [0.05, 0.1) is 19.0 Å². The van der Waals surface area contributed by atoms with Crippen LogP contribution in [0, 0.1) is 13.8 Å². The van der Waals surface area contributed by atoms with Gasteiger partial charge in [0, 0.05) is 17.6 Å². The highest BCUT2D eigenvalue weighted by molar-refractivity contribution is 6.31. The van der Waals surface area contributed by atoms with Crippen LogP contribution in [-0.4, -0.2) is 22.3 Å². The van der Waals surface area contributed by atoms with E-state index < -0.39 is 0 Å². The zero-order chi connectivity index (χ0) is 18.5. The Bertz CT molecular complexity index is 916. The fourth-order valence-electron chi connectivity index (χ4n) is 2.49. The third-order valence-electron chi connectivity index (χ3n) is 4.01. The molecule has 7 heteroatoms. The molecule has 1 aromatic heterocycles. The topological polar surface area (TPSA) is 72.0 Å². The lowest BCUT2D eigenvalue weighted by atomic mass is 10.1. The van der Waals surface area contributed by atoms with Crippen molar-refractivity contribution in [2.24, 2.45) is 0 Å². The first-order valence-corrected chi connectivity index (χ1v) is 8.54. The summed E-state index contributed by atoms with van der Waals surface area (Å²) in [5.41, 5.74) is 4.08. The lowest BCUT2D eigenvalue weighted by Crippen LogP contribution is -2.07. The lowest BCUT2D eigenvalue weighted by Gasteiger charge is -2.13. The molecule has 0 amide bonds. The van der Waals surface area contributed by atoms with Crippen LogP contribution in [0.4, 0.5) is 17.5 Å². The van der Waals surface area contributed by atoms with Crippen molar-refractivity contribution in [3.63, 3.8) is 0 Å². The Labute approximate surface area is 157 Å². The number of halogens is 1. The number of rotatable bonds is 6. The van der Waals surface area contributed by atoms with Crippen LogP contribution in [-0.2, 0) is 6.54 Å². The van der Waals surface area contributed by atoms with Gasteiger partial charge in [0.2, 0.25) is 5.95 Å². The van der Waals surface area contributed by atoms with Crippen molar-refractivity contribution < 1.29 is 4.74 Å². The zero-order valence-corrected chi connectivity index (χ0v) is 15.6. The molecule has 0 saturated heterocycles. The number of benzene rings is 2. The molecule has 0 aliphatic rings. The van der Waals surface area contributed by atoms with Gasteiger partial charge in [-0.15, -0.1) is 5.10 Å². The maximum atomic E-state index is 6.14. The Kier molecular flexibility index (Phi) is 5.53. The Morgan fingerprint density at radius 3 is 2.69 bits per heavy atom. The fourth-order valence-corrected chi connectivity index (χ4v) is 2.64. The van der Waals surface area contributed by atoms with E-state index in [0.29, 0.717) is 29.1 Å². The first-order chi connectivity index (χ1) is 12.6. The van der Waals surface area contributed by atoms with Crippen LogP contribution in [0.1, 0.15) is 16.7 Å². The largest absolute Gasteiger partial charge is 0.495 e. The van der Waals surface area contributed by atoms with E-state index in [1.807, 2.05) is 25.1 Å². The van der Waals surface area contributed by atoms with Crippen LogP contribution in [0.15, 0.2) is 42.6 Å². The SMILES string of the molecule is COc1cc(Cl)c(C)cc1Nc1nncc(NCc2ccccc2C)n1. The number of hydrogen-bond donors (Lipinski definition) is 2. The average Bonchev–Trinajstić information content (AvgIpc) is 2.64. The van der Waals surface area contributed by atoms with Gasteiger partial charge >= 0.3 is 0 Å². The van der Waals surface area contributed by atoms with Gasteiger partial charge in [-0.1, -0.05) is 35.9 Å². The first kappa shape index (κ1) is 17.9. The number of ether oxygens (including phenoxy) is 1. The van der Waals surface area contributed by atoms with Gasteiger partial charge in [-0.3, -0.25) is 0 Å². The van der Waals surface area contributed by atoms with E-state index in [2.05, 4.69) is 44.9 Å². The van der Waals surface area contributed by atoms with E-state index in [-0.39, 0.29) is 0 Å². The van der Waals surface area contributed by atoms with Gasteiger partial charge in [-0.05, 0) is 36.6 Å². The molecule has 1 heterocycles. The minimum Gasteiger partial charge on any atom is -0.495 e. The molecule has 0 radical (unpaired) electrons. The highest BCUT2D eigenvalue weighted by atomic mass is 35.5. The van der Waals surface area contributed by atoms with Crippen LogP contribution < -0.4 is 15.4 Å². The van der Waals surface area contributed by atoms with Crippen LogP contribution >= 0.6 is 11.6 Å². The fraction of sp³-hybridized carbons (Fsp3) is 0.211. The van der Waals surface area contributed by atoms with E-state index in [1.54, 1.807) is 19.4 Å². The molecule has 0 aliphatic heterocycles. The second-order valence-electron chi connectivity index (χ2n) is 5.87. The van der Waals surface area contributed by atoms with Gasteiger partial charge in [-0.2, -0.15) is 10.1 Å². The smallest absolute Gasteiger partial charge is 0.249 e. The molecule has 134 valence electrons. The van der Waals surface area contributed by atoms with E-state index in [0.717, 1.165) is 11.3 Å². The molecule has 6 nitrogen and oxygen atoms in total. The summed E-state index contributed by atoms with van der Waals surface area (Å²) in [5.74, 6) is 1.62. The zero-order valence-electron chi connectivity index (χ0n) is 14.9. The third-order valence-corrected chi connectivity index (χ3v) is 4.41. The van der Waals surface area contributed by atoms with Crippen molar-refractivity contribution in [2.45, 2.75) is 20.4 Å². The normalized spacial score (nSPS) is 10.5. The predicted molar refractivity (Wildman–Crippen MR) is 104 cm³/mol. The Morgan fingerprint density at radius 2 is 1.92 bits per heavy atom. The molecular weight excluding hydrogens is 350 g/mol. The van der Waals surface area contributed by atoms with E-state index >= 15 is 0 Å². The van der Waals surface area contributed by atoms with Crippen molar-refractivity contribution >= 4 is 29.1 Å². The Morgan fingerprint density at radius 1 is 1.12 bits per heavy atom. The number of aryl methyl sites for hydroxylation is 2. The minimum atomic E-state index is 0.375. The minimum absolute atomic E-state index is 0.375. The monoisotopic (exact) mass is 369 g/mol. The first-order valence-electron chi connectivity index (χ1n) is 8.16. The summed E-state index contributed by atoms with van der Waals surface area (Å²) in [6, 6.07) is 11.8. The Balaban J connectivity index is 1.76. The lowest BCUT2D eigenvalue weighted by molar-refractivity contribution is 0.416. The number of methoxy groups -OCH3 is 1. The number of anilines is 3. The van der Waals surface area contributed by atoms with Crippen molar-refractivity contribution in [1.82, 2.24) is 15.2 Å². The summed E-state index contributed by atoms with van der Waals surface area (Å²) in [6.07, 6.45) is 1.59. The highest BCUT2D eigenvalue weighted by Crippen LogP contribution is 2.32. The summed E-state index contributed by atoms with van der Waals surface area (Å²) >= 11 is 6.14. The summed E-state index contributed by atoms with van der Waals surface area (Å²) in [4.78, 5) is 4.46. The van der Waals surface area contributed by atoms with E-state index in [1.165, 1.54) is 11.1 Å². The quantitative estimate of drug-likeness (QED) is 0.666. The van der Waals surface area contributed by atoms with E-state index in [9.17, 15) is 0 Å².